The first-order valence-corrected chi connectivity index (χ1v) is 6.88. The van der Waals surface area contributed by atoms with Gasteiger partial charge in [-0.2, -0.15) is 0 Å². The van der Waals surface area contributed by atoms with Crippen LogP contribution in [0, 0.1) is 5.92 Å². The fourth-order valence-electron chi connectivity index (χ4n) is 2.38. The van der Waals surface area contributed by atoms with Gasteiger partial charge in [0.15, 0.2) is 0 Å². The summed E-state index contributed by atoms with van der Waals surface area (Å²) in [6, 6.07) is 17.4. The van der Waals surface area contributed by atoms with Crippen LogP contribution in [0.1, 0.15) is 11.1 Å². The molecular formula is C18H16O3. The first-order valence-electron chi connectivity index (χ1n) is 6.88. The zero-order valence-electron chi connectivity index (χ0n) is 11.8. The summed E-state index contributed by atoms with van der Waals surface area (Å²) < 4.78 is 10.5. The predicted octanol–water partition coefficient (Wildman–Crippen LogP) is 3.45. The van der Waals surface area contributed by atoms with Gasteiger partial charge in [-0.3, -0.25) is 4.79 Å². The van der Waals surface area contributed by atoms with E-state index in [0.29, 0.717) is 12.2 Å². The lowest BCUT2D eigenvalue weighted by Crippen LogP contribution is -2.11. The molecule has 0 N–H and O–H groups in total. The SMILES string of the molecule is COc1ccc(CC2C=C(c3ccccc3)OC2=O)cc1. The monoisotopic (exact) mass is 280 g/mol. The summed E-state index contributed by atoms with van der Waals surface area (Å²) in [5.41, 5.74) is 2.02. The molecule has 0 aliphatic carbocycles. The van der Waals surface area contributed by atoms with Gasteiger partial charge in [-0.25, -0.2) is 0 Å². The lowest BCUT2D eigenvalue weighted by atomic mass is 9.99. The zero-order valence-corrected chi connectivity index (χ0v) is 11.8. The Kier molecular flexibility index (Phi) is 3.73. The number of esters is 1. The average molecular weight is 280 g/mol. The lowest BCUT2D eigenvalue weighted by molar-refractivity contribution is -0.137. The van der Waals surface area contributed by atoms with E-state index in [2.05, 4.69) is 0 Å². The van der Waals surface area contributed by atoms with E-state index in [0.717, 1.165) is 16.9 Å². The maximum atomic E-state index is 12.0. The topological polar surface area (TPSA) is 35.5 Å². The summed E-state index contributed by atoms with van der Waals surface area (Å²) in [6.07, 6.45) is 2.54. The molecule has 21 heavy (non-hydrogen) atoms. The molecule has 1 aliphatic rings. The van der Waals surface area contributed by atoms with Gasteiger partial charge in [0.25, 0.3) is 0 Å². The third kappa shape index (κ3) is 2.97. The number of rotatable bonds is 4. The molecule has 0 bridgehead atoms. The summed E-state index contributed by atoms with van der Waals surface area (Å²) in [6.45, 7) is 0. The van der Waals surface area contributed by atoms with E-state index < -0.39 is 0 Å². The van der Waals surface area contributed by atoms with Gasteiger partial charge in [-0.1, -0.05) is 42.5 Å². The molecule has 0 saturated heterocycles. The highest BCUT2D eigenvalue weighted by Gasteiger charge is 2.27. The van der Waals surface area contributed by atoms with E-state index in [1.807, 2.05) is 60.7 Å². The highest BCUT2D eigenvalue weighted by Crippen LogP contribution is 2.28. The standard InChI is InChI=1S/C18H16O3/c1-20-16-9-7-13(8-10-16)11-15-12-17(21-18(15)19)14-5-3-2-4-6-14/h2-10,12,15H,11H2,1H3. The molecule has 0 amide bonds. The minimum Gasteiger partial charge on any atom is -0.497 e. The van der Waals surface area contributed by atoms with E-state index >= 15 is 0 Å². The lowest BCUT2D eigenvalue weighted by Gasteiger charge is -2.06. The van der Waals surface area contributed by atoms with Gasteiger partial charge >= 0.3 is 5.97 Å². The number of carbonyl (C=O) groups excluding carboxylic acids is 1. The van der Waals surface area contributed by atoms with Crippen LogP contribution in [0.2, 0.25) is 0 Å². The number of ether oxygens (including phenoxy) is 2. The molecule has 0 radical (unpaired) electrons. The average Bonchev–Trinajstić information content (AvgIpc) is 2.90. The van der Waals surface area contributed by atoms with Gasteiger partial charge in [-0.05, 0) is 30.2 Å². The second kappa shape index (κ2) is 5.83. The van der Waals surface area contributed by atoms with Crippen LogP contribution >= 0.6 is 0 Å². The molecule has 2 aromatic rings. The molecule has 3 nitrogen and oxygen atoms in total. The van der Waals surface area contributed by atoms with Crippen molar-refractivity contribution in [1.82, 2.24) is 0 Å². The molecule has 0 fully saturated rings. The smallest absolute Gasteiger partial charge is 0.318 e. The molecule has 106 valence electrons. The zero-order chi connectivity index (χ0) is 14.7. The molecule has 1 heterocycles. The van der Waals surface area contributed by atoms with Crippen LogP contribution in [-0.2, 0) is 16.0 Å². The summed E-state index contributed by atoms with van der Waals surface area (Å²) >= 11 is 0. The summed E-state index contributed by atoms with van der Waals surface area (Å²) in [5.74, 6) is 1.05. The number of cyclic esters (lactones) is 1. The predicted molar refractivity (Wildman–Crippen MR) is 80.7 cm³/mol. The molecule has 2 aromatic carbocycles. The fourth-order valence-corrected chi connectivity index (χ4v) is 2.38. The number of hydrogen-bond acceptors (Lipinski definition) is 3. The number of methoxy groups -OCH3 is 1. The first-order chi connectivity index (χ1) is 10.3. The molecule has 1 aliphatic heterocycles. The molecule has 1 atom stereocenters. The van der Waals surface area contributed by atoms with Crippen molar-refractivity contribution in [1.29, 1.82) is 0 Å². The van der Waals surface area contributed by atoms with Crippen molar-refractivity contribution in [3.63, 3.8) is 0 Å². The Labute approximate surface area is 123 Å². The number of benzene rings is 2. The van der Waals surface area contributed by atoms with E-state index in [9.17, 15) is 4.79 Å². The Morgan fingerprint density at radius 2 is 1.76 bits per heavy atom. The van der Waals surface area contributed by atoms with Crippen molar-refractivity contribution in [2.45, 2.75) is 6.42 Å². The Morgan fingerprint density at radius 3 is 2.43 bits per heavy atom. The third-order valence-electron chi connectivity index (χ3n) is 3.54. The fraction of sp³-hybridized carbons (Fsp3) is 0.167. The molecule has 3 heteroatoms. The Morgan fingerprint density at radius 1 is 1.05 bits per heavy atom. The Hall–Kier alpha value is -2.55. The van der Waals surface area contributed by atoms with E-state index in [-0.39, 0.29) is 11.9 Å². The molecule has 3 rings (SSSR count). The Balaban J connectivity index is 1.76. The number of hydrogen-bond donors (Lipinski definition) is 0. The van der Waals surface area contributed by atoms with E-state index in [4.69, 9.17) is 9.47 Å². The van der Waals surface area contributed by atoms with Gasteiger partial charge in [0.1, 0.15) is 11.5 Å². The van der Waals surface area contributed by atoms with Crippen LogP contribution in [0.3, 0.4) is 0 Å². The maximum Gasteiger partial charge on any atom is 0.318 e. The highest BCUT2D eigenvalue weighted by molar-refractivity contribution is 5.88. The molecule has 1 unspecified atom stereocenters. The second-order valence-electron chi connectivity index (χ2n) is 4.98. The van der Waals surface area contributed by atoms with Gasteiger partial charge in [0.2, 0.25) is 0 Å². The van der Waals surface area contributed by atoms with Crippen LogP contribution in [0.25, 0.3) is 5.76 Å². The molecule has 0 spiro atoms. The third-order valence-corrected chi connectivity index (χ3v) is 3.54. The van der Waals surface area contributed by atoms with Crippen molar-refractivity contribution < 1.29 is 14.3 Å². The van der Waals surface area contributed by atoms with Crippen LogP contribution in [0.15, 0.2) is 60.7 Å². The highest BCUT2D eigenvalue weighted by atomic mass is 16.5. The van der Waals surface area contributed by atoms with Crippen LogP contribution < -0.4 is 4.74 Å². The van der Waals surface area contributed by atoms with Crippen LogP contribution in [0.4, 0.5) is 0 Å². The summed E-state index contributed by atoms with van der Waals surface area (Å²) in [5, 5.41) is 0. The first kappa shape index (κ1) is 13.4. The summed E-state index contributed by atoms with van der Waals surface area (Å²) in [4.78, 5) is 12.0. The van der Waals surface area contributed by atoms with Gasteiger partial charge in [0, 0.05) is 5.56 Å². The molecule has 0 saturated carbocycles. The largest absolute Gasteiger partial charge is 0.497 e. The van der Waals surface area contributed by atoms with Crippen molar-refractivity contribution in [3.8, 4) is 5.75 Å². The van der Waals surface area contributed by atoms with Gasteiger partial charge < -0.3 is 9.47 Å². The van der Waals surface area contributed by atoms with Gasteiger partial charge in [-0.15, -0.1) is 0 Å². The van der Waals surface area contributed by atoms with Crippen LogP contribution in [-0.4, -0.2) is 13.1 Å². The minimum atomic E-state index is -0.228. The number of carbonyl (C=O) groups is 1. The quantitative estimate of drug-likeness (QED) is 0.805. The van der Waals surface area contributed by atoms with E-state index in [1.165, 1.54) is 0 Å². The second-order valence-corrected chi connectivity index (χ2v) is 4.98. The normalized spacial score (nSPS) is 17.3. The minimum absolute atomic E-state index is 0.190. The van der Waals surface area contributed by atoms with Crippen molar-refractivity contribution in [2.75, 3.05) is 7.11 Å². The van der Waals surface area contributed by atoms with Crippen molar-refractivity contribution in [2.24, 2.45) is 5.92 Å². The van der Waals surface area contributed by atoms with Crippen molar-refractivity contribution in [3.05, 3.63) is 71.8 Å². The maximum absolute atomic E-state index is 12.0. The Bertz CT molecular complexity index is 657. The van der Waals surface area contributed by atoms with E-state index in [1.54, 1.807) is 7.11 Å². The van der Waals surface area contributed by atoms with Gasteiger partial charge in [0.05, 0.1) is 13.0 Å². The molecule has 0 aromatic heterocycles. The molecular weight excluding hydrogens is 264 g/mol. The van der Waals surface area contributed by atoms with Crippen LogP contribution in [0.5, 0.6) is 5.75 Å². The summed E-state index contributed by atoms with van der Waals surface area (Å²) in [7, 11) is 1.64. The van der Waals surface area contributed by atoms with Crippen molar-refractivity contribution >= 4 is 11.7 Å².